The third kappa shape index (κ3) is 3.24. The number of hydrogen-bond donors (Lipinski definition) is 1. The predicted octanol–water partition coefficient (Wildman–Crippen LogP) is 3.19. The van der Waals surface area contributed by atoms with Crippen LogP contribution >= 0.6 is 0 Å². The molecule has 23 heavy (non-hydrogen) atoms. The number of anilines is 1. The first-order chi connectivity index (χ1) is 11.1. The third-order valence-corrected chi connectivity index (χ3v) is 3.42. The molecule has 0 aliphatic carbocycles. The molecule has 0 saturated heterocycles. The molecule has 0 radical (unpaired) electrons. The number of rotatable bonds is 4. The second-order valence-electron chi connectivity index (χ2n) is 5.87. The summed E-state index contributed by atoms with van der Waals surface area (Å²) >= 11 is 0. The minimum absolute atomic E-state index is 0.369. The molecule has 0 aliphatic rings. The summed E-state index contributed by atoms with van der Waals surface area (Å²) < 4.78 is 0. The van der Waals surface area contributed by atoms with E-state index in [1.165, 1.54) is 0 Å². The lowest BCUT2D eigenvalue weighted by Gasteiger charge is -2.24. The van der Waals surface area contributed by atoms with Crippen molar-refractivity contribution in [2.24, 2.45) is 0 Å². The lowest BCUT2D eigenvalue weighted by molar-refractivity contribution is 0.580. The van der Waals surface area contributed by atoms with Crippen LogP contribution in [0.25, 0.3) is 22.3 Å². The zero-order valence-electron chi connectivity index (χ0n) is 13.0. The Balaban J connectivity index is 2.14. The quantitative estimate of drug-likeness (QED) is 0.796. The van der Waals surface area contributed by atoms with E-state index in [0.717, 1.165) is 16.5 Å². The largest absolute Gasteiger partial charge is 0.364 e. The van der Waals surface area contributed by atoms with Crippen molar-refractivity contribution in [1.82, 2.24) is 19.9 Å². The Kier molecular flexibility index (Phi) is 3.85. The van der Waals surface area contributed by atoms with E-state index in [4.69, 9.17) is 5.26 Å². The van der Waals surface area contributed by atoms with Crippen molar-refractivity contribution in [1.29, 1.82) is 5.26 Å². The molecule has 0 bridgehead atoms. The van der Waals surface area contributed by atoms with E-state index in [0.29, 0.717) is 18.1 Å². The fraction of sp³-hybridized carbons (Fsp3) is 0.235. The highest BCUT2D eigenvalue weighted by Crippen LogP contribution is 2.26. The van der Waals surface area contributed by atoms with E-state index >= 15 is 0 Å². The highest BCUT2D eigenvalue weighted by molar-refractivity contribution is 5.90. The monoisotopic (exact) mass is 304 g/mol. The first-order valence-corrected chi connectivity index (χ1v) is 7.26. The fourth-order valence-corrected chi connectivity index (χ4v) is 2.27. The van der Waals surface area contributed by atoms with Gasteiger partial charge < -0.3 is 5.32 Å². The lowest BCUT2D eigenvalue weighted by atomic mass is 10.0. The number of aromatic nitrogens is 4. The van der Waals surface area contributed by atoms with Gasteiger partial charge in [0.2, 0.25) is 0 Å². The topological polar surface area (TPSA) is 87.4 Å². The molecule has 3 aromatic rings. The number of nitriles is 1. The van der Waals surface area contributed by atoms with Crippen LogP contribution in [-0.4, -0.2) is 25.5 Å². The van der Waals surface area contributed by atoms with Crippen LogP contribution in [0.1, 0.15) is 20.3 Å². The summed E-state index contributed by atoms with van der Waals surface area (Å²) in [6.45, 7) is 3.94. The fourth-order valence-electron chi connectivity index (χ4n) is 2.27. The predicted molar refractivity (Wildman–Crippen MR) is 88.5 cm³/mol. The molecule has 6 heteroatoms. The lowest BCUT2D eigenvalue weighted by Crippen LogP contribution is -2.30. The summed E-state index contributed by atoms with van der Waals surface area (Å²) in [5.74, 6) is 1.30. The highest BCUT2D eigenvalue weighted by atomic mass is 15.1. The van der Waals surface area contributed by atoms with E-state index in [-0.39, 0.29) is 0 Å². The minimum Gasteiger partial charge on any atom is -0.364 e. The summed E-state index contributed by atoms with van der Waals surface area (Å²) in [5.41, 5.74) is 1.24. The van der Waals surface area contributed by atoms with Gasteiger partial charge in [-0.15, -0.1) is 0 Å². The molecule has 0 saturated carbocycles. The normalized spacial score (nSPS) is 11.2. The highest BCUT2D eigenvalue weighted by Gasteiger charge is 2.20. The second-order valence-corrected chi connectivity index (χ2v) is 5.87. The van der Waals surface area contributed by atoms with Gasteiger partial charge in [-0.3, -0.25) is 9.97 Å². The molecular formula is C17H16N6. The maximum atomic E-state index is 8.99. The maximum absolute atomic E-state index is 8.99. The Labute approximate surface area is 134 Å². The van der Waals surface area contributed by atoms with Crippen LogP contribution in [0.3, 0.4) is 0 Å². The van der Waals surface area contributed by atoms with E-state index < -0.39 is 5.54 Å². The van der Waals surface area contributed by atoms with Gasteiger partial charge in [-0.2, -0.15) is 5.26 Å². The molecule has 0 fully saturated rings. The number of nitrogens with one attached hydrogen (secondary N) is 1. The smallest absolute Gasteiger partial charge is 0.162 e. The second kappa shape index (κ2) is 5.97. The molecule has 0 unspecified atom stereocenters. The summed E-state index contributed by atoms with van der Waals surface area (Å²) in [4.78, 5) is 17.4. The first-order valence-electron chi connectivity index (χ1n) is 7.26. The van der Waals surface area contributed by atoms with Crippen molar-refractivity contribution in [3.8, 4) is 17.5 Å². The molecule has 6 nitrogen and oxygen atoms in total. The van der Waals surface area contributed by atoms with Crippen molar-refractivity contribution in [3.05, 3.63) is 43.0 Å². The van der Waals surface area contributed by atoms with Gasteiger partial charge >= 0.3 is 0 Å². The van der Waals surface area contributed by atoms with Crippen LogP contribution in [0.15, 0.2) is 43.0 Å². The van der Waals surface area contributed by atoms with Gasteiger partial charge in [-0.25, -0.2) is 9.97 Å². The molecule has 1 N–H and O–H groups in total. The average molecular weight is 304 g/mol. The van der Waals surface area contributed by atoms with Crippen LogP contribution in [0.5, 0.6) is 0 Å². The molecule has 0 atom stereocenters. The number of hydrogen-bond acceptors (Lipinski definition) is 6. The van der Waals surface area contributed by atoms with E-state index in [9.17, 15) is 0 Å². The van der Waals surface area contributed by atoms with Crippen molar-refractivity contribution >= 4 is 16.7 Å². The average Bonchev–Trinajstić information content (AvgIpc) is 2.55. The van der Waals surface area contributed by atoms with Crippen LogP contribution in [0.2, 0.25) is 0 Å². The Morgan fingerprint density at radius 2 is 1.83 bits per heavy atom. The van der Waals surface area contributed by atoms with Crippen molar-refractivity contribution in [2.75, 3.05) is 5.32 Å². The number of fused-ring (bicyclic) bond motifs is 1. The molecular weight excluding hydrogens is 288 g/mol. The van der Waals surface area contributed by atoms with Crippen LogP contribution in [-0.2, 0) is 0 Å². The molecule has 3 heterocycles. The van der Waals surface area contributed by atoms with E-state index in [1.807, 2.05) is 32.0 Å². The van der Waals surface area contributed by atoms with Gasteiger partial charge in [0, 0.05) is 35.1 Å². The Morgan fingerprint density at radius 3 is 2.57 bits per heavy atom. The van der Waals surface area contributed by atoms with Crippen LogP contribution in [0.4, 0.5) is 5.82 Å². The van der Waals surface area contributed by atoms with Gasteiger partial charge in [0.1, 0.15) is 5.82 Å². The van der Waals surface area contributed by atoms with Gasteiger partial charge in [0.15, 0.2) is 5.82 Å². The molecule has 0 aliphatic heterocycles. The third-order valence-electron chi connectivity index (χ3n) is 3.42. The number of pyridine rings is 2. The molecule has 0 amide bonds. The van der Waals surface area contributed by atoms with Crippen molar-refractivity contribution in [3.63, 3.8) is 0 Å². The maximum Gasteiger partial charge on any atom is 0.162 e. The minimum atomic E-state index is -0.394. The Morgan fingerprint density at radius 1 is 1.09 bits per heavy atom. The molecule has 3 rings (SSSR count). The molecule has 3 aromatic heterocycles. The van der Waals surface area contributed by atoms with Gasteiger partial charge in [0.05, 0.1) is 24.2 Å². The zero-order chi connectivity index (χ0) is 16.3. The Hall–Kier alpha value is -3.07. The number of nitrogens with zero attached hydrogens (tertiary/aromatic N) is 5. The SMILES string of the molecule is CC(C)(CC#N)Nc1nc(-c2ccncc2)nc2cnccc12. The van der Waals surface area contributed by atoms with Gasteiger partial charge in [-0.05, 0) is 32.0 Å². The summed E-state index contributed by atoms with van der Waals surface area (Å²) in [5, 5.41) is 13.2. The van der Waals surface area contributed by atoms with Crippen LogP contribution in [0, 0.1) is 11.3 Å². The van der Waals surface area contributed by atoms with Crippen molar-refractivity contribution < 1.29 is 0 Å². The summed E-state index contributed by atoms with van der Waals surface area (Å²) in [7, 11) is 0. The first kappa shape index (κ1) is 14.9. The summed E-state index contributed by atoms with van der Waals surface area (Å²) in [6, 6.07) is 7.79. The van der Waals surface area contributed by atoms with E-state index in [1.54, 1.807) is 24.8 Å². The van der Waals surface area contributed by atoms with Gasteiger partial charge in [-0.1, -0.05) is 0 Å². The Bertz CT molecular complexity index is 867. The standard InChI is InChI=1S/C17H16N6/c1-17(2,6-7-18)23-16-13-5-10-20-11-14(13)21-15(22-16)12-3-8-19-9-4-12/h3-5,8-11H,6H2,1-2H3,(H,21,22,23). The summed E-state index contributed by atoms with van der Waals surface area (Å²) in [6.07, 6.45) is 7.20. The zero-order valence-corrected chi connectivity index (χ0v) is 13.0. The van der Waals surface area contributed by atoms with Crippen molar-refractivity contribution in [2.45, 2.75) is 25.8 Å². The molecule has 114 valence electrons. The van der Waals surface area contributed by atoms with Gasteiger partial charge in [0.25, 0.3) is 0 Å². The van der Waals surface area contributed by atoms with Crippen LogP contribution < -0.4 is 5.32 Å². The molecule has 0 spiro atoms. The van der Waals surface area contributed by atoms with E-state index in [2.05, 4.69) is 31.3 Å². The molecule has 0 aromatic carbocycles.